The summed E-state index contributed by atoms with van der Waals surface area (Å²) in [7, 11) is 0. The molecule has 3 atom stereocenters. The molecule has 0 aromatic rings. The number of carbonyl (C=O) groups is 1. The molecule has 2 rings (SSSR count). The van der Waals surface area contributed by atoms with E-state index in [1.165, 1.54) is 0 Å². The van der Waals surface area contributed by atoms with Crippen LogP contribution in [0.1, 0.15) is 6.42 Å². The van der Waals surface area contributed by atoms with Gasteiger partial charge < -0.3 is 25.0 Å². The van der Waals surface area contributed by atoms with Gasteiger partial charge >= 0.3 is 11.9 Å². The Bertz CT molecular complexity index is 358. The summed E-state index contributed by atoms with van der Waals surface area (Å²) < 4.78 is 9.74. The van der Waals surface area contributed by atoms with Gasteiger partial charge in [0.15, 0.2) is 6.23 Å². The summed E-state index contributed by atoms with van der Waals surface area (Å²) in [6.45, 7) is -0.321. The Kier molecular flexibility index (Phi) is 3.02. The Morgan fingerprint density at radius 3 is 2.76 bits per heavy atom. The van der Waals surface area contributed by atoms with E-state index in [0.717, 1.165) is 0 Å². The zero-order valence-corrected chi connectivity index (χ0v) is 8.87. The first-order valence-electron chi connectivity index (χ1n) is 5.03. The number of cyclic esters (lactones) is 1. The number of aliphatic hydroxyl groups excluding tert-OH is 2. The third-order valence-electron chi connectivity index (χ3n) is 2.43. The van der Waals surface area contributed by atoms with Crippen molar-refractivity contribution in [1.29, 1.82) is 0 Å². The van der Waals surface area contributed by atoms with Crippen molar-refractivity contribution in [1.82, 2.24) is 5.32 Å². The topological polar surface area (TPSA) is 152 Å². The van der Waals surface area contributed by atoms with Gasteiger partial charge in [0.2, 0.25) is 5.84 Å². The summed E-state index contributed by atoms with van der Waals surface area (Å²) >= 11 is 0. The average molecular weight is 246 g/mol. The number of carbonyl (C=O) groups excluding carboxylic acids is 1. The van der Waals surface area contributed by atoms with Gasteiger partial charge in [0.25, 0.3) is 0 Å². The highest BCUT2D eigenvalue weighted by molar-refractivity contribution is 6.37. The predicted molar refractivity (Wildman–Crippen MR) is 54.1 cm³/mol. The number of esters is 1. The molecule has 96 valence electrons. The van der Waals surface area contributed by atoms with Crippen LogP contribution >= 0.6 is 0 Å². The van der Waals surface area contributed by atoms with Crippen molar-refractivity contribution < 1.29 is 24.5 Å². The number of rotatable bonds is 2. The lowest BCUT2D eigenvalue weighted by atomic mass is 10.2. The summed E-state index contributed by atoms with van der Waals surface area (Å²) in [4.78, 5) is 15.1. The smallest absolute Gasteiger partial charge is 0.378 e. The van der Waals surface area contributed by atoms with Crippen LogP contribution in [0, 0.1) is 0 Å². The lowest BCUT2D eigenvalue weighted by Gasteiger charge is -2.14. The molecule has 17 heavy (non-hydrogen) atoms. The predicted octanol–water partition coefficient (Wildman–Crippen LogP) is -3.47. The van der Waals surface area contributed by atoms with Gasteiger partial charge in [-0.15, -0.1) is 0 Å². The molecule has 2 saturated heterocycles. The SMILES string of the molecule is NC1(N)NC(=N[C@@H]2C[C@H](O)[C@@H](CO)O2)C(=O)O1. The minimum absolute atomic E-state index is 0.161. The fourth-order valence-electron chi connectivity index (χ4n) is 1.65. The van der Waals surface area contributed by atoms with E-state index in [0.29, 0.717) is 0 Å². The van der Waals surface area contributed by atoms with E-state index in [1.807, 2.05) is 0 Å². The van der Waals surface area contributed by atoms with Crippen LogP contribution in [0.25, 0.3) is 0 Å². The van der Waals surface area contributed by atoms with Crippen LogP contribution in [-0.2, 0) is 14.3 Å². The number of aliphatic hydroxyl groups is 2. The summed E-state index contributed by atoms with van der Waals surface area (Å²) in [5, 5.41) is 20.7. The third-order valence-corrected chi connectivity index (χ3v) is 2.43. The quantitative estimate of drug-likeness (QED) is 0.249. The van der Waals surface area contributed by atoms with E-state index < -0.39 is 30.4 Å². The van der Waals surface area contributed by atoms with Gasteiger partial charge in [-0.3, -0.25) is 11.5 Å². The molecule has 0 spiro atoms. The maximum atomic E-state index is 11.3. The van der Waals surface area contributed by atoms with Gasteiger partial charge in [-0.05, 0) is 0 Å². The molecule has 7 N–H and O–H groups in total. The minimum Gasteiger partial charge on any atom is -0.405 e. The first-order chi connectivity index (χ1) is 7.91. The van der Waals surface area contributed by atoms with Crippen molar-refractivity contribution >= 4 is 11.8 Å². The maximum absolute atomic E-state index is 11.3. The normalized spacial score (nSPS) is 38.2. The van der Waals surface area contributed by atoms with Crippen molar-refractivity contribution in [2.24, 2.45) is 16.5 Å². The number of amidine groups is 1. The van der Waals surface area contributed by atoms with Crippen LogP contribution in [-0.4, -0.2) is 53.0 Å². The molecule has 0 amide bonds. The molecule has 2 aliphatic heterocycles. The number of nitrogens with zero attached hydrogens (tertiary/aromatic N) is 1. The monoisotopic (exact) mass is 246 g/mol. The van der Waals surface area contributed by atoms with Gasteiger partial charge in [0.05, 0.1) is 12.7 Å². The second-order valence-corrected chi connectivity index (χ2v) is 3.90. The van der Waals surface area contributed by atoms with Crippen molar-refractivity contribution in [3.05, 3.63) is 0 Å². The Morgan fingerprint density at radius 2 is 2.29 bits per heavy atom. The molecule has 2 heterocycles. The van der Waals surface area contributed by atoms with E-state index >= 15 is 0 Å². The van der Waals surface area contributed by atoms with Gasteiger partial charge in [-0.2, -0.15) is 0 Å². The first kappa shape index (κ1) is 12.2. The number of nitrogens with two attached hydrogens (primary N) is 2. The van der Waals surface area contributed by atoms with E-state index in [9.17, 15) is 9.90 Å². The van der Waals surface area contributed by atoms with E-state index in [-0.39, 0.29) is 18.9 Å². The van der Waals surface area contributed by atoms with Crippen LogP contribution in [0.4, 0.5) is 0 Å². The maximum Gasteiger partial charge on any atom is 0.378 e. The minimum atomic E-state index is -1.77. The fraction of sp³-hybridized carbons (Fsp3) is 0.750. The summed E-state index contributed by atoms with van der Waals surface area (Å²) in [6.07, 6.45) is -2.10. The van der Waals surface area contributed by atoms with Crippen molar-refractivity contribution in [2.45, 2.75) is 30.8 Å². The Balaban J connectivity index is 2.04. The lowest BCUT2D eigenvalue weighted by Crippen LogP contribution is -2.59. The fourth-order valence-corrected chi connectivity index (χ4v) is 1.65. The molecule has 9 heteroatoms. The van der Waals surface area contributed by atoms with Crippen LogP contribution in [0.5, 0.6) is 0 Å². The van der Waals surface area contributed by atoms with Crippen LogP contribution in [0.2, 0.25) is 0 Å². The van der Waals surface area contributed by atoms with Gasteiger partial charge in [-0.1, -0.05) is 0 Å². The molecule has 9 nitrogen and oxygen atoms in total. The molecular weight excluding hydrogens is 232 g/mol. The molecule has 0 unspecified atom stereocenters. The number of aliphatic imine (C=N–C) groups is 1. The first-order valence-corrected chi connectivity index (χ1v) is 5.03. The van der Waals surface area contributed by atoms with Crippen LogP contribution in [0.3, 0.4) is 0 Å². The highest BCUT2D eigenvalue weighted by atomic mass is 16.6. The molecule has 0 bridgehead atoms. The summed E-state index contributed by atoms with van der Waals surface area (Å²) in [5.41, 5.74) is 10.7. The van der Waals surface area contributed by atoms with Gasteiger partial charge in [0.1, 0.15) is 6.10 Å². The zero-order valence-electron chi connectivity index (χ0n) is 8.87. The third kappa shape index (κ3) is 2.53. The average Bonchev–Trinajstić information content (AvgIpc) is 2.67. The number of nitrogens with one attached hydrogen (secondary N) is 1. The largest absolute Gasteiger partial charge is 0.405 e. The highest BCUT2D eigenvalue weighted by Gasteiger charge is 2.40. The number of hydrogen-bond acceptors (Lipinski definition) is 8. The molecule has 0 aromatic carbocycles. The van der Waals surface area contributed by atoms with E-state index in [2.05, 4.69) is 15.0 Å². The van der Waals surface area contributed by atoms with Crippen molar-refractivity contribution in [3.8, 4) is 0 Å². The molecule has 0 aromatic heterocycles. The second-order valence-electron chi connectivity index (χ2n) is 3.90. The molecule has 0 radical (unpaired) electrons. The summed E-state index contributed by atoms with van der Waals surface area (Å²) in [6, 6.07) is 0. The van der Waals surface area contributed by atoms with Crippen molar-refractivity contribution in [2.75, 3.05) is 6.61 Å². The van der Waals surface area contributed by atoms with E-state index in [4.69, 9.17) is 21.3 Å². The molecule has 2 aliphatic rings. The molecule has 0 saturated carbocycles. The molecule has 2 fully saturated rings. The number of hydrogen-bond donors (Lipinski definition) is 5. The zero-order chi connectivity index (χ0) is 12.6. The molecule has 0 aliphatic carbocycles. The van der Waals surface area contributed by atoms with Gasteiger partial charge in [-0.25, -0.2) is 9.79 Å². The van der Waals surface area contributed by atoms with Crippen LogP contribution < -0.4 is 16.8 Å². The molecular formula is C8H14N4O5. The van der Waals surface area contributed by atoms with Crippen LogP contribution in [0.15, 0.2) is 4.99 Å². The van der Waals surface area contributed by atoms with Gasteiger partial charge in [0, 0.05) is 6.42 Å². The van der Waals surface area contributed by atoms with Crippen molar-refractivity contribution in [3.63, 3.8) is 0 Å². The Hall–Kier alpha value is -1.26. The Morgan fingerprint density at radius 1 is 1.59 bits per heavy atom. The number of ether oxygens (including phenoxy) is 2. The Labute approximate surface area is 96.4 Å². The standard InChI is InChI=1S/C8H14N4O5/c9-8(10)12-6(7(15)17-8)11-5-1-3(14)4(2-13)16-5/h3-5,13-14H,1-2,9-10H2,(H,11,12)/t3-,4+,5-/m0/s1. The lowest BCUT2D eigenvalue weighted by molar-refractivity contribution is -0.145. The van der Waals surface area contributed by atoms with E-state index in [1.54, 1.807) is 0 Å². The summed E-state index contributed by atoms with van der Waals surface area (Å²) in [5.74, 6) is -2.73. The second kappa shape index (κ2) is 4.20. The highest BCUT2D eigenvalue weighted by Crippen LogP contribution is 2.21.